The summed E-state index contributed by atoms with van der Waals surface area (Å²) in [6.07, 6.45) is 1.94. The van der Waals surface area contributed by atoms with Crippen molar-refractivity contribution < 1.29 is 14.3 Å². The van der Waals surface area contributed by atoms with Gasteiger partial charge in [-0.1, -0.05) is 25.1 Å². The summed E-state index contributed by atoms with van der Waals surface area (Å²) in [5, 5.41) is 13.6. The van der Waals surface area contributed by atoms with Crippen LogP contribution >= 0.6 is 0 Å². The van der Waals surface area contributed by atoms with Crippen LogP contribution in [0.25, 0.3) is 10.9 Å². The van der Waals surface area contributed by atoms with Gasteiger partial charge in [0.05, 0.1) is 5.52 Å². The van der Waals surface area contributed by atoms with Crippen LogP contribution in [0.15, 0.2) is 24.3 Å². The molecular weight excluding hydrogens is 382 g/mol. The van der Waals surface area contributed by atoms with E-state index in [1.807, 2.05) is 31.2 Å². The summed E-state index contributed by atoms with van der Waals surface area (Å²) in [4.78, 5) is 27.7. The number of carbonyl (C=O) groups excluding carboxylic acids is 2. The van der Waals surface area contributed by atoms with Gasteiger partial charge in [-0.15, -0.1) is 0 Å². The number of H-pyrrole nitrogens is 1. The van der Waals surface area contributed by atoms with Gasteiger partial charge in [0, 0.05) is 44.3 Å². The smallest absolute Gasteiger partial charge is 0.273 e. The number of hydrogen-bond acceptors (Lipinski definition) is 5. The normalized spacial score (nSPS) is 20.8. The molecule has 3 N–H and O–H groups in total. The molecule has 1 aromatic heterocycles. The van der Waals surface area contributed by atoms with E-state index < -0.39 is 6.04 Å². The Morgan fingerprint density at radius 1 is 1.37 bits per heavy atom. The lowest BCUT2D eigenvalue weighted by Crippen LogP contribution is -2.54. The zero-order valence-corrected chi connectivity index (χ0v) is 18.1. The molecule has 1 fully saturated rings. The van der Waals surface area contributed by atoms with E-state index in [1.165, 1.54) is 0 Å². The number of nitrogens with zero attached hydrogens (tertiary/aromatic N) is 2. The van der Waals surface area contributed by atoms with Crippen molar-refractivity contribution in [2.24, 2.45) is 5.92 Å². The van der Waals surface area contributed by atoms with Crippen molar-refractivity contribution in [3.63, 3.8) is 0 Å². The van der Waals surface area contributed by atoms with Gasteiger partial charge in [0.15, 0.2) is 5.69 Å². The Labute approximate surface area is 177 Å². The van der Waals surface area contributed by atoms with Crippen LogP contribution in [0.4, 0.5) is 0 Å². The Bertz CT molecular complexity index is 852. The fraction of sp³-hybridized carbons (Fsp3) is 0.591. The molecule has 3 unspecified atom stereocenters. The molecule has 3 rings (SSSR count). The Hall–Kier alpha value is -2.45. The lowest BCUT2D eigenvalue weighted by Gasteiger charge is -2.37. The molecule has 0 spiro atoms. The standard InChI is InChI=1S/C22H33N5O3/c1-4-30-13-7-11-27-12-10-18(15(2)14-27)24-21(28)16(3)23-22(29)20-17-8-5-6-9-19(17)25-26-20/h5-6,8-9,15-16,18H,4,7,10-14H2,1-3H3,(H,23,29)(H,24,28)(H,25,26). The number of para-hydroxylation sites is 1. The van der Waals surface area contributed by atoms with Crippen molar-refractivity contribution in [3.05, 3.63) is 30.0 Å². The predicted molar refractivity (Wildman–Crippen MR) is 116 cm³/mol. The first-order valence-corrected chi connectivity index (χ1v) is 10.8. The van der Waals surface area contributed by atoms with Crippen molar-refractivity contribution >= 4 is 22.7 Å². The van der Waals surface area contributed by atoms with E-state index in [0.29, 0.717) is 11.6 Å². The minimum absolute atomic E-state index is 0.117. The maximum atomic E-state index is 12.7. The monoisotopic (exact) mass is 415 g/mol. The maximum absolute atomic E-state index is 12.7. The summed E-state index contributed by atoms with van der Waals surface area (Å²) in [6, 6.07) is 6.91. The summed E-state index contributed by atoms with van der Waals surface area (Å²) in [5.41, 5.74) is 1.10. The molecule has 1 aliphatic rings. The van der Waals surface area contributed by atoms with Gasteiger partial charge < -0.3 is 20.3 Å². The van der Waals surface area contributed by atoms with Crippen molar-refractivity contribution in [2.75, 3.05) is 32.8 Å². The second-order valence-electron chi connectivity index (χ2n) is 8.05. The Morgan fingerprint density at radius 3 is 2.93 bits per heavy atom. The van der Waals surface area contributed by atoms with E-state index in [9.17, 15) is 9.59 Å². The summed E-state index contributed by atoms with van der Waals surface area (Å²) in [6.45, 7) is 10.4. The fourth-order valence-electron chi connectivity index (χ4n) is 3.96. The van der Waals surface area contributed by atoms with Gasteiger partial charge in [-0.05, 0) is 38.7 Å². The molecule has 0 radical (unpaired) electrons. The molecule has 3 atom stereocenters. The quantitative estimate of drug-likeness (QED) is 0.544. The second-order valence-corrected chi connectivity index (χ2v) is 8.05. The van der Waals surface area contributed by atoms with E-state index in [0.717, 1.165) is 56.6 Å². The fourth-order valence-corrected chi connectivity index (χ4v) is 3.96. The van der Waals surface area contributed by atoms with Gasteiger partial charge in [0.1, 0.15) is 6.04 Å². The number of aromatic amines is 1. The first-order chi connectivity index (χ1) is 14.5. The molecule has 2 aromatic rings. The molecule has 1 aliphatic heterocycles. The molecule has 1 aromatic carbocycles. The molecule has 0 aliphatic carbocycles. The summed E-state index contributed by atoms with van der Waals surface area (Å²) < 4.78 is 5.41. The molecule has 1 saturated heterocycles. The topological polar surface area (TPSA) is 99.3 Å². The van der Waals surface area contributed by atoms with E-state index in [-0.39, 0.29) is 17.9 Å². The first kappa shape index (κ1) is 22.2. The molecule has 164 valence electrons. The molecule has 0 bridgehead atoms. The molecule has 8 nitrogen and oxygen atoms in total. The minimum Gasteiger partial charge on any atom is -0.382 e. The van der Waals surface area contributed by atoms with Crippen LogP contribution in [0.2, 0.25) is 0 Å². The molecule has 30 heavy (non-hydrogen) atoms. The van der Waals surface area contributed by atoms with Crippen molar-refractivity contribution in [2.45, 2.75) is 45.7 Å². The van der Waals surface area contributed by atoms with Crippen LogP contribution in [-0.4, -0.2) is 71.8 Å². The van der Waals surface area contributed by atoms with Crippen LogP contribution in [0, 0.1) is 5.92 Å². The number of aromatic nitrogens is 2. The number of piperidine rings is 1. The maximum Gasteiger partial charge on any atom is 0.273 e. The highest BCUT2D eigenvalue weighted by molar-refractivity contribution is 6.05. The van der Waals surface area contributed by atoms with E-state index in [2.05, 4.69) is 32.7 Å². The van der Waals surface area contributed by atoms with Gasteiger partial charge in [-0.3, -0.25) is 14.7 Å². The number of amides is 2. The molecule has 2 amide bonds. The van der Waals surface area contributed by atoms with Gasteiger partial charge in [-0.25, -0.2) is 0 Å². The molecule has 8 heteroatoms. The number of likely N-dealkylation sites (tertiary alicyclic amines) is 1. The van der Waals surface area contributed by atoms with E-state index in [1.54, 1.807) is 6.92 Å². The van der Waals surface area contributed by atoms with E-state index >= 15 is 0 Å². The highest BCUT2D eigenvalue weighted by Gasteiger charge is 2.29. The predicted octanol–water partition coefficient (Wildman–Crippen LogP) is 1.93. The molecule has 2 heterocycles. The SMILES string of the molecule is CCOCCCN1CCC(NC(=O)C(C)NC(=O)c2n[nH]c3ccccc23)C(C)C1. The average molecular weight is 416 g/mol. The van der Waals surface area contributed by atoms with Gasteiger partial charge in [0.25, 0.3) is 5.91 Å². The second kappa shape index (κ2) is 10.5. The number of rotatable bonds is 9. The number of benzene rings is 1. The zero-order chi connectivity index (χ0) is 21.5. The van der Waals surface area contributed by atoms with Crippen molar-refractivity contribution in [1.82, 2.24) is 25.7 Å². The summed E-state index contributed by atoms with van der Waals surface area (Å²) in [5.74, 6) is -0.162. The average Bonchev–Trinajstić information content (AvgIpc) is 3.17. The van der Waals surface area contributed by atoms with Crippen LogP contribution < -0.4 is 10.6 Å². The van der Waals surface area contributed by atoms with Gasteiger partial charge >= 0.3 is 0 Å². The third-order valence-corrected chi connectivity index (χ3v) is 5.71. The largest absolute Gasteiger partial charge is 0.382 e. The highest BCUT2D eigenvalue weighted by atomic mass is 16.5. The van der Waals surface area contributed by atoms with Crippen molar-refractivity contribution in [3.8, 4) is 0 Å². The van der Waals surface area contributed by atoms with Crippen LogP contribution in [-0.2, 0) is 9.53 Å². The lowest BCUT2D eigenvalue weighted by molar-refractivity contribution is -0.124. The summed E-state index contributed by atoms with van der Waals surface area (Å²) in [7, 11) is 0. The van der Waals surface area contributed by atoms with Gasteiger partial charge in [0.2, 0.25) is 5.91 Å². The zero-order valence-electron chi connectivity index (χ0n) is 18.1. The minimum atomic E-state index is -0.635. The Morgan fingerprint density at radius 2 is 2.17 bits per heavy atom. The van der Waals surface area contributed by atoms with Crippen LogP contribution in [0.5, 0.6) is 0 Å². The van der Waals surface area contributed by atoms with Crippen molar-refractivity contribution in [1.29, 1.82) is 0 Å². The number of nitrogens with one attached hydrogen (secondary N) is 3. The Balaban J connectivity index is 1.47. The molecular formula is C22H33N5O3. The van der Waals surface area contributed by atoms with Crippen LogP contribution in [0.1, 0.15) is 44.1 Å². The van der Waals surface area contributed by atoms with Crippen LogP contribution in [0.3, 0.4) is 0 Å². The first-order valence-electron chi connectivity index (χ1n) is 10.8. The third kappa shape index (κ3) is 5.58. The number of carbonyl (C=O) groups is 2. The number of hydrogen-bond donors (Lipinski definition) is 3. The van der Waals surface area contributed by atoms with E-state index in [4.69, 9.17) is 4.74 Å². The molecule has 0 saturated carbocycles. The third-order valence-electron chi connectivity index (χ3n) is 5.71. The number of ether oxygens (including phenoxy) is 1. The van der Waals surface area contributed by atoms with Gasteiger partial charge in [-0.2, -0.15) is 5.10 Å². The lowest BCUT2D eigenvalue weighted by atomic mass is 9.93. The number of fused-ring (bicyclic) bond motifs is 1. The summed E-state index contributed by atoms with van der Waals surface area (Å²) >= 11 is 0. The highest BCUT2D eigenvalue weighted by Crippen LogP contribution is 2.18. The Kier molecular flexibility index (Phi) is 7.81.